The molecule has 1 unspecified atom stereocenters. The first-order chi connectivity index (χ1) is 6.83. The van der Waals surface area contributed by atoms with E-state index in [1.807, 2.05) is 6.07 Å². The zero-order valence-electron chi connectivity index (χ0n) is 9.12. The summed E-state index contributed by atoms with van der Waals surface area (Å²) < 4.78 is 4.76. The maximum Gasteiger partial charge on any atom is 0.124 e. The summed E-state index contributed by atoms with van der Waals surface area (Å²) in [6.45, 7) is 5.26. The van der Waals surface area contributed by atoms with E-state index in [-0.39, 0.29) is 0 Å². The highest BCUT2D eigenvalue weighted by molar-refractivity contribution is 4.94. The molecule has 0 spiro atoms. The van der Waals surface area contributed by atoms with Crippen molar-refractivity contribution in [1.29, 1.82) is 0 Å². The Bertz CT molecular complexity index is 221. The van der Waals surface area contributed by atoms with Gasteiger partial charge in [-0.05, 0) is 13.3 Å². The zero-order valence-corrected chi connectivity index (χ0v) is 9.12. The average Bonchev–Trinajstić information content (AvgIpc) is 2.68. The predicted octanol–water partition coefficient (Wildman–Crippen LogP) is 2.73. The molecule has 0 aromatic carbocycles. The molecule has 1 aromatic heterocycles. The fourth-order valence-corrected chi connectivity index (χ4v) is 1.41. The molecule has 1 rings (SSSR count). The van der Waals surface area contributed by atoms with Crippen LogP contribution in [0.15, 0.2) is 16.9 Å². The van der Waals surface area contributed by atoms with Crippen LogP contribution < -0.4 is 5.32 Å². The minimum absolute atomic E-state index is 0.568. The first-order valence-electron chi connectivity index (χ1n) is 5.45. The molecule has 0 fully saturated rings. The number of unbranched alkanes of at least 4 members (excludes halogenated alkanes) is 2. The van der Waals surface area contributed by atoms with Crippen molar-refractivity contribution in [2.75, 3.05) is 0 Å². The van der Waals surface area contributed by atoms with E-state index in [2.05, 4.69) is 24.3 Å². The molecule has 0 saturated carbocycles. The molecular weight excluding hydrogens is 176 g/mol. The van der Waals surface area contributed by atoms with Crippen LogP contribution in [0, 0.1) is 0 Å². The molecule has 1 N–H and O–H groups in total. The third-order valence-electron chi connectivity index (χ3n) is 2.36. The lowest BCUT2D eigenvalue weighted by Gasteiger charge is -2.11. The molecule has 0 aliphatic heterocycles. The van der Waals surface area contributed by atoms with Gasteiger partial charge in [0.2, 0.25) is 0 Å². The Labute approximate surface area is 85.9 Å². The molecule has 0 saturated heterocycles. The van der Waals surface area contributed by atoms with Crippen molar-refractivity contribution in [2.45, 2.75) is 52.1 Å². The lowest BCUT2D eigenvalue weighted by atomic mass is 10.1. The van der Waals surface area contributed by atoms with E-state index in [4.69, 9.17) is 4.52 Å². The maximum atomic E-state index is 4.76. The van der Waals surface area contributed by atoms with Gasteiger partial charge in [-0.25, -0.2) is 0 Å². The number of nitrogens with one attached hydrogen (secondary N) is 1. The van der Waals surface area contributed by atoms with Crippen molar-refractivity contribution in [1.82, 2.24) is 10.5 Å². The monoisotopic (exact) mass is 196 g/mol. The van der Waals surface area contributed by atoms with Crippen LogP contribution in [0.3, 0.4) is 0 Å². The van der Waals surface area contributed by atoms with Gasteiger partial charge in [0, 0.05) is 18.7 Å². The van der Waals surface area contributed by atoms with E-state index in [0.29, 0.717) is 6.04 Å². The molecule has 14 heavy (non-hydrogen) atoms. The summed E-state index contributed by atoms with van der Waals surface area (Å²) in [7, 11) is 0. The van der Waals surface area contributed by atoms with Crippen LogP contribution in [0.1, 0.15) is 45.2 Å². The van der Waals surface area contributed by atoms with Gasteiger partial charge in [0.25, 0.3) is 0 Å². The summed E-state index contributed by atoms with van der Waals surface area (Å²) >= 11 is 0. The van der Waals surface area contributed by atoms with Gasteiger partial charge >= 0.3 is 0 Å². The van der Waals surface area contributed by atoms with E-state index in [1.54, 1.807) is 6.26 Å². The highest BCUT2D eigenvalue weighted by atomic mass is 16.5. The maximum absolute atomic E-state index is 4.76. The van der Waals surface area contributed by atoms with E-state index >= 15 is 0 Å². The smallest absolute Gasteiger partial charge is 0.124 e. The van der Waals surface area contributed by atoms with Crippen LogP contribution in [0.4, 0.5) is 0 Å². The lowest BCUT2D eigenvalue weighted by molar-refractivity contribution is 0.402. The lowest BCUT2D eigenvalue weighted by Crippen LogP contribution is -2.25. The molecule has 80 valence electrons. The minimum atomic E-state index is 0.568. The first-order valence-corrected chi connectivity index (χ1v) is 5.45. The van der Waals surface area contributed by atoms with Crippen molar-refractivity contribution in [3.05, 3.63) is 18.0 Å². The zero-order chi connectivity index (χ0) is 10.2. The van der Waals surface area contributed by atoms with Crippen molar-refractivity contribution in [3.8, 4) is 0 Å². The second-order valence-electron chi connectivity index (χ2n) is 3.77. The van der Waals surface area contributed by atoms with Gasteiger partial charge in [-0.1, -0.05) is 31.3 Å². The van der Waals surface area contributed by atoms with Gasteiger partial charge in [0.1, 0.15) is 6.26 Å². The molecule has 1 heterocycles. The molecule has 3 heteroatoms. The van der Waals surface area contributed by atoms with Crippen LogP contribution in [0.25, 0.3) is 0 Å². The van der Waals surface area contributed by atoms with Gasteiger partial charge in [-0.15, -0.1) is 0 Å². The number of hydrogen-bond acceptors (Lipinski definition) is 3. The van der Waals surface area contributed by atoms with Crippen LogP contribution in [-0.2, 0) is 6.54 Å². The van der Waals surface area contributed by atoms with Crippen LogP contribution in [0.5, 0.6) is 0 Å². The van der Waals surface area contributed by atoms with Gasteiger partial charge in [0.15, 0.2) is 0 Å². The molecule has 0 aliphatic carbocycles. The molecular formula is C11H20N2O. The second-order valence-corrected chi connectivity index (χ2v) is 3.77. The first kappa shape index (κ1) is 11.2. The van der Waals surface area contributed by atoms with Gasteiger partial charge < -0.3 is 9.84 Å². The third-order valence-corrected chi connectivity index (χ3v) is 2.36. The van der Waals surface area contributed by atoms with Crippen molar-refractivity contribution in [2.24, 2.45) is 0 Å². The second kappa shape index (κ2) is 6.60. The molecule has 0 aliphatic rings. The highest BCUT2D eigenvalue weighted by Crippen LogP contribution is 2.03. The van der Waals surface area contributed by atoms with E-state index < -0.39 is 0 Å². The standard InChI is InChI=1S/C11H20N2O/c1-3-4-5-6-10(2)12-9-11-7-8-14-13-11/h7-8,10,12H,3-6,9H2,1-2H3. The summed E-state index contributed by atoms with van der Waals surface area (Å²) in [6, 6.07) is 2.46. The van der Waals surface area contributed by atoms with E-state index in [1.165, 1.54) is 25.7 Å². The molecule has 1 atom stereocenters. The largest absolute Gasteiger partial charge is 0.364 e. The molecule has 0 radical (unpaired) electrons. The Morgan fingerprint density at radius 2 is 2.36 bits per heavy atom. The average molecular weight is 196 g/mol. The summed E-state index contributed by atoms with van der Waals surface area (Å²) in [5, 5.41) is 7.27. The number of hydrogen-bond donors (Lipinski definition) is 1. The van der Waals surface area contributed by atoms with Crippen LogP contribution in [-0.4, -0.2) is 11.2 Å². The Balaban J connectivity index is 2.06. The topological polar surface area (TPSA) is 38.1 Å². The van der Waals surface area contributed by atoms with Gasteiger partial charge in [-0.3, -0.25) is 0 Å². The predicted molar refractivity (Wildman–Crippen MR) is 56.9 cm³/mol. The number of nitrogens with zero attached hydrogens (tertiary/aromatic N) is 1. The van der Waals surface area contributed by atoms with Gasteiger partial charge in [0.05, 0.1) is 5.69 Å². The highest BCUT2D eigenvalue weighted by Gasteiger charge is 2.02. The third kappa shape index (κ3) is 4.42. The summed E-state index contributed by atoms with van der Waals surface area (Å²) in [6.07, 6.45) is 6.78. The Morgan fingerprint density at radius 3 is 3.00 bits per heavy atom. The van der Waals surface area contributed by atoms with Crippen LogP contribution in [0.2, 0.25) is 0 Å². The summed E-state index contributed by atoms with van der Waals surface area (Å²) in [5.41, 5.74) is 0.979. The summed E-state index contributed by atoms with van der Waals surface area (Å²) in [5.74, 6) is 0. The fraction of sp³-hybridized carbons (Fsp3) is 0.727. The molecule has 0 amide bonds. The van der Waals surface area contributed by atoms with Crippen molar-refractivity contribution < 1.29 is 4.52 Å². The Morgan fingerprint density at radius 1 is 1.50 bits per heavy atom. The minimum Gasteiger partial charge on any atom is -0.364 e. The quantitative estimate of drug-likeness (QED) is 0.681. The van der Waals surface area contributed by atoms with Crippen molar-refractivity contribution in [3.63, 3.8) is 0 Å². The summed E-state index contributed by atoms with van der Waals surface area (Å²) in [4.78, 5) is 0. The fourth-order valence-electron chi connectivity index (χ4n) is 1.41. The van der Waals surface area contributed by atoms with Gasteiger partial charge in [-0.2, -0.15) is 0 Å². The molecule has 1 aromatic rings. The molecule has 0 bridgehead atoms. The normalized spacial score (nSPS) is 13.0. The SMILES string of the molecule is CCCCCC(C)NCc1ccon1. The van der Waals surface area contributed by atoms with E-state index in [9.17, 15) is 0 Å². The number of aromatic nitrogens is 1. The molecule has 3 nitrogen and oxygen atoms in total. The van der Waals surface area contributed by atoms with Crippen LogP contribution >= 0.6 is 0 Å². The Kier molecular flexibility index (Phi) is 5.30. The van der Waals surface area contributed by atoms with E-state index in [0.717, 1.165) is 12.2 Å². The van der Waals surface area contributed by atoms with Crippen molar-refractivity contribution >= 4 is 0 Å². The Hall–Kier alpha value is -0.830. The number of rotatable bonds is 7.